The highest BCUT2D eigenvalue weighted by Gasteiger charge is 2.15. The zero-order valence-electron chi connectivity index (χ0n) is 16.3. The van der Waals surface area contributed by atoms with Crippen LogP contribution in [0, 0.1) is 10.1 Å². The highest BCUT2D eigenvalue weighted by molar-refractivity contribution is 5.99. The number of hydrogen-bond acceptors (Lipinski definition) is 5. The van der Waals surface area contributed by atoms with E-state index in [-0.39, 0.29) is 11.3 Å². The Morgan fingerprint density at radius 1 is 0.806 bits per heavy atom. The summed E-state index contributed by atoms with van der Waals surface area (Å²) in [5.74, 6) is 0.760. The van der Waals surface area contributed by atoms with Crippen molar-refractivity contribution in [2.75, 3.05) is 0 Å². The molecule has 0 saturated heterocycles. The van der Waals surface area contributed by atoms with E-state index >= 15 is 0 Å². The number of carbonyl (C=O) groups excluding carboxylic acids is 1. The van der Waals surface area contributed by atoms with Crippen molar-refractivity contribution in [2.45, 2.75) is 0 Å². The number of nitrogens with zero attached hydrogens (tertiary/aromatic N) is 2. The van der Waals surface area contributed by atoms with Gasteiger partial charge in [-0.15, -0.1) is 0 Å². The highest BCUT2D eigenvalue weighted by atomic mass is 16.6. The van der Waals surface area contributed by atoms with Crippen LogP contribution in [0.1, 0.15) is 10.4 Å². The van der Waals surface area contributed by atoms with Crippen LogP contribution in [0.4, 0.5) is 5.69 Å². The number of rotatable bonds is 6. The first-order valence-corrected chi connectivity index (χ1v) is 9.40. The van der Waals surface area contributed by atoms with E-state index in [0.717, 1.165) is 0 Å². The van der Waals surface area contributed by atoms with Crippen molar-refractivity contribution in [2.24, 2.45) is 5.73 Å². The lowest BCUT2D eigenvalue weighted by molar-refractivity contribution is -0.384. The number of hydrogen-bond donors (Lipinski definition) is 1. The number of nitrogens with two attached hydrogens (primary N) is 1. The van der Waals surface area contributed by atoms with Crippen molar-refractivity contribution in [3.63, 3.8) is 0 Å². The van der Waals surface area contributed by atoms with Gasteiger partial charge in [0.05, 0.1) is 21.9 Å². The molecule has 1 heterocycles. The lowest BCUT2D eigenvalue weighted by Gasteiger charge is -2.11. The zero-order valence-corrected chi connectivity index (χ0v) is 16.3. The molecule has 0 radical (unpaired) electrons. The molecular weight excluding hydrogens is 394 g/mol. The van der Waals surface area contributed by atoms with Gasteiger partial charge >= 0.3 is 0 Å². The van der Waals surface area contributed by atoms with Crippen LogP contribution in [0.15, 0.2) is 91.0 Å². The first kappa shape index (κ1) is 19.8. The maximum Gasteiger partial charge on any atom is 0.269 e. The van der Waals surface area contributed by atoms with Crippen LogP contribution in [-0.2, 0) is 0 Å². The Morgan fingerprint density at radius 3 is 2.03 bits per heavy atom. The lowest BCUT2D eigenvalue weighted by atomic mass is 10.0. The molecule has 0 saturated carbocycles. The molecule has 1 aromatic heterocycles. The first-order valence-electron chi connectivity index (χ1n) is 9.40. The Balaban J connectivity index is 1.68. The van der Waals surface area contributed by atoms with Gasteiger partial charge in [0.15, 0.2) is 0 Å². The topological polar surface area (TPSA) is 108 Å². The summed E-state index contributed by atoms with van der Waals surface area (Å²) in [5, 5.41) is 10.9. The molecule has 0 aliphatic heterocycles. The largest absolute Gasteiger partial charge is 0.457 e. The van der Waals surface area contributed by atoms with Gasteiger partial charge in [-0.2, -0.15) is 0 Å². The van der Waals surface area contributed by atoms with Crippen LogP contribution in [0.3, 0.4) is 0 Å². The minimum atomic E-state index is -0.595. The summed E-state index contributed by atoms with van der Waals surface area (Å²) in [4.78, 5) is 27.0. The Bertz CT molecular complexity index is 1240. The Labute approximate surface area is 177 Å². The number of primary amides is 1. The van der Waals surface area contributed by atoms with Gasteiger partial charge in [-0.1, -0.05) is 18.2 Å². The fraction of sp³-hybridized carbons (Fsp3) is 0. The van der Waals surface area contributed by atoms with E-state index in [0.29, 0.717) is 34.0 Å². The molecule has 1 amide bonds. The molecule has 0 bridgehead atoms. The molecule has 7 nitrogen and oxygen atoms in total. The third kappa shape index (κ3) is 4.40. The molecule has 0 fully saturated rings. The van der Waals surface area contributed by atoms with Gasteiger partial charge in [0, 0.05) is 23.3 Å². The Kier molecular flexibility index (Phi) is 5.40. The Hall–Kier alpha value is -4.52. The summed E-state index contributed by atoms with van der Waals surface area (Å²) < 4.78 is 5.80. The van der Waals surface area contributed by atoms with E-state index in [9.17, 15) is 14.9 Å². The number of para-hydroxylation sites is 1. The van der Waals surface area contributed by atoms with Gasteiger partial charge in [0.25, 0.3) is 11.6 Å². The fourth-order valence-corrected chi connectivity index (χ4v) is 3.10. The molecule has 3 aromatic carbocycles. The third-order valence-corrected chi connectivity index (χ3v) is 4.64. The number of nitro groups is 1. The van der Waals surface area contributed by atoms with Crippen LogP contribution < -0.4 is 10.5 Å². The van der Waals surface area contributed by atoms with Crippen molar-refractivity contribution >= 4 is 11.6 Å². The second-order valence-corrected chi connectivity index (χ2v) is 6.70. The van der Waals surface area contributed by atoms with E-state index in [4.69, 9.17) is 10.5 Å². The van der Waals surface area contributed by atoms with Crippen LogP contribution in [0.2, 0.25) is 0 Å². The van der Waals surface area contributed by atoms with E-state index in [1.807, 2.05) is 30.3 Å². The van der Waals surface area contributed by atoms with Crippen molar-refractivity contribution in [3.05, 3.63) is 107 Å². The van der Waals surface area contributed by atoms with Crippen molar-refractivity contribution in [3.8, 4) is 34.0 Å². The van der Waals surface area contributed by atoms with Gasteiger partial charge in [-0.25, -0.2) is 4.98 Å². The van der Waals surface area contributed by atoms with Gasteiger partial charge in [0.1, 0.15) is 11.5 Å². The summed E-state index contributed by atoms with van der Waals surface area (Å²) in [6.07, 6.45) is 0. The molecule has 0 aliphatic rings. The third-order valence-electron chi connectivity index (χ3n) is 4.64. The number of aromatic nitrogens is 1. The molecule has 4 rings (SSSR count). The van der Waals surface area contributed by atoms with Crippen molar-refractivity contribution in [1.82, 2.24) is 4.98 Å². The molecule has 7 heteroatoms. The predicted octanol–water partition coefficient (Wildman–Crippen LogP) is 5.22. The number of pyridine rings is 1. The quantitative estimate of drug-likeness (QED) is 0.346. The minimum absolute atomic E-state index is 0.00765. The molecular formula is C24H17N3O4. The van der Waals surface area contributed by atoms with Gasteiger partial charge in [-0.3, -0.25) is 14.9 Å². The average molecular weight is 411 g/mol. The molecule has 0 aliphatic carbocycles. The van der Waals surface area contributed by atoms with Crippen molar-refractivity contribution < 1.29 is 14.5 Å². The molecule has 4 aromatic rings. The number of benzene rings is 3. The summed E-state index contributed by atoms with van der Waals surface area (Å²) in [5.41, 5.74) is 8.19. The molecule has 0 spiro atoms. The number of amides is 1. The minimum Gasteiger partial charge on any atom is -0.457 e. The standard InChI is InChI=1S/C24H17N3O4/c25-24(28)21-14-15-22(16-6-10-18(11-7-16)27(29)30)26-23(21)17-8-12-20(13-9-17)31-19-4-2-1-3-5-19/h1-15H,(H2,25,28). The van der Waals surface area contributed by atoms with Gasteiger partial charge in [0.2, 0.25) is 0 Å². The number of nitro benzene ring substituents is 1. The number of ether oxygens (including phenoxy) is 1. The SMILES string of the molecule is NC(=O)c1ccc(-c2ccc([N+](=O)[O-])cc2)nc1-c1ccc(Oc2ccccc2)cc1. The Morgan fingerprint density at radius 2 is 1.42 bits per heavy atom. The average Bonchev–Trinajstić information content (AvgIpc) is 2.80. The van der Waals surface area contributed by atoms with Gasteiger partial charge < -0.3 is 10.5 Å². The van der Waals surface area contributed by atoms with E-state index in [1.54, 1.807) is 48.5 Å². The molecule has 0 unspecified atom stereocenters. The van der Waals surface area contributed by atoms with Crippen LogP contribution in [0.25, 0.3) is 22.5 Å². The lowest BCUT2D eigenvalue weighted by Crippen LogP contribution is -2.13. The molecule has 0 atom stereocenters. The van der Waals surface area contributed by atoms with E-state index < -0.39 is 10.8 Å². The maximum atomic E-state index is 12.0. The first-order chi connectivity index (χ1) is 15.0. The number of non-ortho nitro benzene ring substituents is 1. The second-order valence-electron chi connectivity index (χ2n) is 6.70. The predicted molar refractivity (Wildman–Crippen MR) is 117 cm³/mol. The molecule has 2 N–H and O–H groups in total. The molecule has 152 valence electrons. The zero-order chi connectivity index (χ0) is 21.8. The van der Waals surface area contributed by atoms with Crippen LogP contribution >= 0.6 is 0 Å². The van der Waals surface area contributed by atoms with Crippen LogP contribution in [-0.4, -0.2) is 15.8 Å². The van der Waals surface area contributed by atoms with E-state index in [2.05, 4.69) is 4.98 Å². The summed E-state index contributed by atoms with van der Waals surface area (Å²) in [6.45, 7) is 0. The van der Waals surface area contributed by atoms with Gasteiger partial charge in [-0.05, 0) is 60.7 Å². The monoisotopic (exact) mass is 411 g/mol. The highest BCUT2D eigenvalue weighted by Crippen LogP contribution is 2.29. The molecule has 31 heavy (non-hydrogen) atoms. The normalized spacial score (nSPS) is 10.5. The van der Waals surface area contributed by atoms with E-state index in [1.165, 1.54) is 12.1 Å². The number of carbonyl (C=O) groups is 1. The fourth-order valence-electron chi connectivity index (χ4n) is 3.10. The van der Waals surface area contributed by atoms with Crippen LogP contribution in [0.5, 0.6) is 11.5 Å². The maximum absolute atomic E-state index is 12.0. The smallest absolute Gasteiger partial charge is 0.269 e. The summed E-state index contributed by atoms with van der Waals surface area (Å²) >= 11 is 0. The summed E-state index contributed by atoms with van der Waals surface area (Å²) in [6, 6.07) is 25.9. The second kappa shape index (κ2) is 8.46. The van der Waals surface area contributed by atoms with Crippen molar-refractivity contribution in [1.29, 1.82) is 0 Å². The summed E-state index contributed by atoms with van der Waals surface area (Å²) in [7, 11) is 0.